The largest absolute Gasteiger partial charge is 0.497 e. The summed E-state index contributed by atoms with van der Waals surface area (Å²) in [5.74, 6) is 1.22. The quantitative estimate of drug-likeness (QED) is 0.889. The maximum atomic E-state index is 12.5. The molecule has 7 heteroatoms. The van der Waals surface area contributed by atoms with E-state index < -0.39 is 0 Å². The Morgan fingerprint density at radius 3 is 2.65 bits per heavy atom. The Bertz CT molecular complexity index is 821. The van der Waals surface area contributed by atoms with Gasteiger partial charge in [0.1, 0.15) is 19.0 Å². The van der Waals surface area contributed by atoms with E-state index in [-0.39, 0.29) is 18.4 Å². The summed E-state index contributed by atoms with van der Waals surface area (Å²) in [5, 5.41) is 2.75. The van der Waals surface area contributed by atoms with Crippen LogP contribution < -0.4 is 19.5 Å². The van der Waals surface area contributed by atoms with Crippen LogP contribution in [0.3, 0.4) is 0 Å². The third-order valence-electron chi connectivity index (χ3n) is 3.87. The molecule has 0 fully saturated rings. The minimum atomic E-state index is -0.299. The maximum Gasteiger partial charge on any atom is 0.254 e. The summed E-state index contributed by atoms with van der Waals surface area (Å²) < 4.78 is 16.1. The molecule has 0 unspecified atom stereocenters. The number of fused-ring (bicyclic) bond motifs is 1. The molecule has 0 radical (unpaired) electrons. The van der Waals surface area contributed by atoms with Gasteiger partial charge in [-0.15, -0.1) is 0 Å². The van der Waals surface area contributed by atoms with Crippen molar-refractivity contribution >= 4 is 17.5 Å². The van der Waals surface area contributed by atoms with E-state index in [2.05, 4.69) is 5.32 Å². The Morgan fingerprint density at radius 1 is 1.12 bits per heavy atom. The van der Waals surface area contributed by atoms with Gasteiger partial charge in [0.2, 0.25) is 5.91 Å². The number of hydrogen-bond donors (Lipinski definition) is 1. The summed E-state index contributed by atoms with van der Waals surface area (Å²) in [6.45, 7) is 0.860. The monoisotopic (exact) mass is 356 g/mol. The molecule has 1 heterocycles. The van der Waals surface area contributed by atoms with Crippen LogP contribution in [0.2, 0.25) is 0 Å². The lowest BCUT2D eigenvalue weighted by atomic mass is 10.1. The van der Waals surface area contributed by atoms with E-state index in [9.17, 15) is 9.59 Å². The number of hydrogen-bond acceptors (Lipinski definition) is 5. The molecule has 0 saturated heterocycles. The number of carbonyl (C=O) groups is 2. The van der Waals surface area contributed by atoms with Crippen molar-refractivity contribution in [3.05, 3.63) is 48.0 Å². The van der Waals surface area contributed by atoms with E-state index in [1.54, 1.807) is 56.6 Å². The number of benzene rings is 2. The molecule has 0 saturated carbocycles. The van der Waals surface area contributed by atoms with E-state index in [1.807, 2.05) is 0 Å². The minimum absolute atomic E-state index is 0.0789. The maximum absolute atomic E-state index is 12.5. The van der Waals surface area contributed by atoms with Crippen molar-refractivity contribution in [1.29, 1.82) is 0 Å². The normalized spacial score (nSPS) is 12.2. The van der Waals surface area contributed by atoms with Gasteiger partial charge in [-0.25, -0.2) is 0 Å². The first-order valence-electron chi connectivity index (χ1n) is 8.16. The summed E-state index contributed by atoms with van der Waals surface area (Å²) in [7, 11) is 3.13. The molecule has 2 aromatic carbocycles. The van der Waals surface area contributed by atoms with Crippen LogP contribution in [0.25, 0.3) is 0 Å². The van der Waals surface area contributed by atoms with Crippen LogP contribution in [0.4, 0.5) is 5.69 Å². The number of anilines is 1. The number of nitrogens with zero attached hydrogens (tertiary/aromatic N) is 1. The van der Waals surface area contributed by atoms with Crippen molar-refractivity contribution in [3.63, 3.8) is 0 Å². The molecule has 1 aliphatic rings. The van der Waals surface area contributed by atoms with Gasteiger partial charge in [-0.3, -0.25) is 9.59 Å². The summed E-state index contributed by atoms with van der Waals surface area (Å²) >= 11 is 0. The fraction of sp³-hybridized carbons (Fsp3) is 0.263. The van der Waals surface area contributed by atoms with Gasteiger partial charge in [0.15, 0.2) is 11.5 Å². The first kappa shape index (κ1) is 17.6. The summed E-state index contributed by atoms with van der Waals surface area (Å²) in [4.78, 5) is 26.1. The number of rotatable bonds is 5. The third-order valence-corrected chi connectivity index (χ3v) is 3.87. The zero-order valence-corrected chi connectivity index (χ0v) is 14.7. The van der Waals surface area contributed by atoms with Crippen molar-refractivity contribution in [1.82, 2.24) is 4.90 Å². The highest BCUT2D eigenvalue weighted by Crippen LogP contribution is 2.31. The van der Waals surface area contributed by atoms with Crippen molar-refractivity contribution in [2.24, 2.45) is 0 Å². The van der Waals surface area contributed by atoms with Gasteiger partial charge in [-0.2, -0.15) is 0 Å². The summed E-state index contributed by atoms with van der Waals surface area (Å²) in [6, 6.07) is 12.0. The average molecular weight is 356 g/mol. The van der Waals surface area contributed by atoms with Crippen LogP contribution in [0.15, 0.2) is 42.5 Å². The predicted octanol–water partition coefficient (Wildman–Crippen LogP) is 2.18. The molecule has 0 spiro atoms. The highest BCUT2D eigenvalue weighted by molar-refractivity contribution is 5.99. The SMILES string of the molecule is COc1cccc(NC(=O)CN(C)C(=O)c2ccc3c(c2)OCCO3)c1. The summed E-state index contributed by atoms with van der Waals surface area (Å²) in [6.07, 6.45) is 0. The lowest BCUT2D eigenvalue weighted by molar-refractivity contribution is -0.116. The van der Waals surface area contributed by atoms with E-state index in [0.29, 0.717) is 41.7 Å². The Kier molecular flexibility index (Phi) is 5.26. The molecule has 0 aromatic heterocycles. The number of carbonyl (C=O) groups excluding carboxylic acids is 2. The lowest BCUT2D eigenvalue weighted by Gasteiger charge is -2.20. The van der Waals surface area contributed by atoms with Crippen LogP contribution in [0.5, 0.6) is 17.2 Å². The number of methoxy groups -OCH3 is 1. The Hall–Kier alpha value is -3.22. The highest BCUT2D eigenvalue weighted by atomic mass is 16.6. The number of amides is 2. The van der Waals surface area contributed by atoms with Crippen LogP contribution in [0, 0.1) is 0 Å². The Morgan fingerprint density at radius 2 is 1.88 bits per heavy atom. The van der Waals surface area contributed by atoms with E-state index >= 15 is 0 Å². The Labute approximate surface area is 151 Å². The van der Waals surface area contributed by atoms with Gasteiger partial charge >= 0.3 is 0 Å². The van der Waals surface area contributed by atoms with Gasteiger partial charge < -0.3 is 24.4 Å². The predicted molar refractivity (Wildman–Crippen MR) is 96.0 cm³/mol. The average Bonchev–Trinajstić information content (AvgIpc) is 2.67. The number of ether oxygens (including phenoxy) is 3. The second-order valence-electron chi connectivity index (χ2n) is 5.80. The molecule has 0 bridgehead atoms. The second-order valence-corrected chi connectivity index (χ2v) is 5.80. The van der Waals surface area contributed by atoms with Gasteiger partial charge in [-0.1, -0.05) is 6.07 Å². The zero-order valence-electron chi connectivity index (χ0n) is 14.7. The number of likely N-dealkylation sites (N-methyl/N-ethyl adjacent to an activating group) is 1. The molecule has 3 rings (SSSR count). The summed E-state index contributed by atoms with van der Waals surface area (Å²) in [5.41, 5.74) is 1.04. The smallest absolute Gasteiger partial charge is 0.254 e. The molecular weight excluding hydrogens is 336 g/mol. The van der Waals surface area contributed by atoms with Crippen molar-refractivity contribution in [2.45, 2.75) is 0 Å². The standard InChI is InChI=1S/C19H20N2O5/c1-21(12-18(22)20-14-4-3-5-15(11-14)24-2)19(23)13-6-7-16-17(10-13)26-9-8-25-16/h3-7,10-11H,8-9,12H2,1-2H3,(H,20,22). The molecular formula is C19H20N2O5. The first-order valence-corrected chi connectivity index (χ1v) is 8.16. The molecule has 1 N–H and O–H groups in total. The van der Waals surface area contributed by atoms with Crippen LogP contribution >= 0.6 is 0 Å². The second kappa shape index (κ2) is 7.77. The zero-order chi connectivity index (χ0) is 18.5. The molecule has 0 aliphatic carbocycles. The lowest BCUT2D eigenvalue weighted by Crippen LogP contribution is -2.35. The molecule has 2 amide bonds. The molecule has 7 nitrogen and oxygen atoms in total. The first-order chi connectivity index (χ1) is 12.6. The van der Waals surface area contributed by atoms with Crippen LogP contribution in [0.1, 0.15) is 10.4 Å². The molecule has 2 aromatic rings. The van der Waals surface area contributed by atoms with Gasteiger partial charge in [0.05, 0.1) is 13.7 Å². The molecule has 26 heavy (non-hydrogen) atoms. The van der Waals surface area contributed by atoms with Gasteiger partial charge in [0, 0.05) is 24.4 Å². The fourth-order valence-electron chi connectivity index (χ4n) is 2.59. The highest BCUT2D eigenvalue weighted by Gasteiger charge is 2.19. The van der Waals surface area contributed by atoms with Crippen LogP contribution in [-0.4, -0.2) is 50.6 Å². The van der Waals surface area contributed by atoms with Gasteiger partial charge in [0.25, 0.3) is 5.91 Å². The third kappa shape index (κ3) is 4.05. The molecule has 136 valence electrons. The van der Waals surface area contributed by atoms with Crippen molar-refractivity contribution < 1.29 is 23.8 Å². The van der Waals surface area contributed by atoms with Gasteiger partial charge in [-0.05, 0) is 30.3 Å². The fourth-order valence-corrected chi connectivity index (χ4v) is 2.59. The van der Waals surface area contributed by atoms with Crippen molar-refractivity contribution in [3.8, 4) is 17.2 Å². The van der Waals surface area contributed by atoms with Crippen molar-refractivity contribution in [2.75, 3.05) is 39.2 Å². The minimum Gasteiger partial charge on any atom is -0.497 e. The topological polar surface area (TPSA) is 77.1 Å². The number of nitrogens with one attached hydrogen (secondary N) is 1. The molecule has 1 aliphatic heterocycles. The molecule has 0 atom stereocenters. The van der Waals surface area contributed by atoms with Crippen LogP contribution in [-0.2, 0) is 4.79 Å². The van der Waals surface area contributed by atoms with E-state index in [0.717, 1.165) is 0 Å². The van der Waals surface area contributed by atoms with E-state index in [1.165, 1.54) is 4.90 Å². The Balaban J connectivity index is 1.62. The van der Waals surface area contributed by atoms with E-state index in [4.69, 9.17) is 14.2 Å².